The summed E-state index contributed by atoms with van der Waals surface area (Å²) in [5, 5.41) is 3.41. The zero-order valence-corrected chi connectivity index (χ0v) is 14.0. The Morgan fingerprint density at radius 1 is 1.35 bits per heavy atom. The second-order valence-corrected chi connectivity index (χ2v) is 8.21. The number of piperidine rings is 1. The predicted octanol–water partition coefficient (Wildman–Crippen LogP) is 2.24. The lowest BCUT2D eigenvalue weighted by molar-refractivity contribution is 0.269. The Morgan fingerprint density at radius 3 is 2.75 bits per heavy atom. The van der Waals surface area contributed by atoms with Crippen LogP contribution in [0.2, 0.25) is 0 Å². The highest BCUT2D eigenvalue weighted by Crippen LogP contribution is 2.21. The zero-order chi connectivity index (χ0) is 15.0. The summed E-state index contributed by atoms with van der Waals surface area (Å²) in [6.07, 6.45) is 9.92. The number of nitrogens with zero attached hydrogens (tertiary/aromatic N) is 1. The summed E-state index contributed by atoms with van der Waals surface area (Å²) in [4.78, 5) is 0. The molecule has 0 saturated carbocycles. The van der Waals surface area contributed by atoms with Gasteiger partial charge in [0.2, 0.25) is 10.0 Å². The van der Waals surface area contributed by atoms with Gasteiger partial charge in [0.05, 0.1) is 6.26 Å². The van der Waals surface area contributed by atoms with Crippen molar-refractivity contribution in [2.24, 2.45) is 11.8 Å². The quantitative estimate of drug-likeness (QED) is 0.552. The van der Waals surface area contributed by atoms with Gasteiger partial charge in [-0.1, -0.05) is 26.0 Å². The van der Waals surface area contributed by atoms with Gasteiger partial charge in [-0.25, -0.2) is 12.7 Å². The molecule has 1 heterocycles. The molecule has 1 fully saturated rings. The normalized spacial score (nSPS) is 21.9. The lowest BCUT2D eigenvalue weighted by atomic mass is 9.96. The summed E-state index contributed by atoms with van der Waals surface area (Å²) in [5.41, 5.74) is 0. The van der Waals surface area contributed by atoms with Crippen LogP contribution in [-0.4, -0.2) is 45.2 Å². The molecule has 0 aromatic rings. The number of sulfonamides is 1. The molecule has 1 aliphatic heterocycles. The summed E-state index contributed by atoms with van der Waals surface area (Å²) < 4.78 is 24.7. The second kappa shape index (κ2) is 8.80. The number of hydrogen-bond acceptors (Lipinski definition) is 3. The molecular formula is C15H30N2O2S. The fourth-order valence-corrected chi connectivity index (χ4v) is 3.45. The third-order valence-electron chi connectivity index (χ3n) is 3.63. The lowest BCUT2D eigenvalue weighted by Gasteiger charge is -2.30. The molecule has 5 heteroatoms. The Labute approximate surface area is 124 Å². The minimum Gasteiger partial charge on any atom is -0.316 e. The second-order valence-electron chi connectivity index (χ2n) is 6.22. The largest absolute Gasteiger partial charge is 0.316 e. The van der Waals surface area contributed by atoms with Gasteiger partial charge in [0.25, 0.3) is 0 Å². The predicted molar refractivity (Wildman–Crippen MR) is 85.2 cm³/mol. The molecule has 0 radical (unpaired) electrons. The van der Waals surface area contributed by atoms with E-state index in [0.29, 0.717) is 24.9 Å². The maximum atomic E-state index is 11.5. The molecule has 0 aromatic heterocycles. The van der Waals surface area contributed by atoms with Crippen LogP contribution in [0.5, 0.6) is 0 Å². The summed E-state index contributed by atoms with van der Waals surface area (Å²) in [5.74, 6) is 1.18. The molecule has 0 amide bonds. The van der Waals surface area contributed by atoms with E-state index in [1.165, 1.54) is 6.26 Å². The van der Waals surface area contributed by atoms with Gasteiger partial charge in [-0.3, -0.25) is 0 Å². The molecule has 4 nitrogen and oxygen atoms in total. The lowest BCUT2D eigenvalue weighted by Crippen LogP contribution is -2.39. The van der Waals surface area contributed by atoms with Crippen LogP contribution in [0.25, 0.3) is 0 Å². The Balaban J connectivity index is 2.18. The van der Waals surface area contributed by atoms with E-state index in [9.17, 15) is 8.42 Å². The van der Waals surface area contributed by atoms with Gasteiger partial charge < -0.3 is 5.32 Å². The van der Waals surface area contributed by atoms with Gasteiger partial charge in [0, 0.05) is 13.1 Å². The van der Waals surface area contributed by atoms with Gasteiger partial charge in [0.1, 0.15) is 0 Å². The van der Waals surface area contributed by atoms with Crippen LogP contribution >= 0.6 is 0 Å². The number of nitrogens with one attached hydrogen (secondary N) is 1. The van der Waals surface area contributed by atoms with Gasteiger partial charge in [0.15, 0.2) is 0 Å². The van der Waals surface area contributed by atoms with Crippen molar-refractivity contribution in [1.82, 2.24) is 9.62 Å². The number of hydrogen-bond donors (Lipinski definition) is 1. The summed E-state index contributed by atoms with van der Waals surface area (Å²) in [6.45, 7) is 7.89. The first-order valence-electron chi connectivity index (χ1n) is 7.70. The molecule has 1 saturated heterocycles. The SMILES string of the molecule is CC(C)CNCCC=CCC1CCCN(S(C)(=O)=O)C1. The Bertz CT molecular complexity index is 391. The molecule has 0 aromatic carbocycles. The first-order valence-corrected chi connectivity index (χ1v) is 9.55. The molecule has 1 unspecified atom stereocenters. The van der Waals surface area contributed by atoms with E-state index in [2.05, 4.69) is 31.3 Å². The number of rotatable bonds is 8. The number of allylic oxidation sites excluding steroid dienone is 1. The molecular weight excluding hydrogens is 272 g/mol. The summed E-state index contributed by atoms with van der Waals surface area (Å²) in [6, 6.07) is 0. The highest BCUT2D eigenvalue weighted by Gasteiger charge is 2.24. The van der Waals surface area contributed by atoms with Crippen LogP contribution in [0.1, 0.15) is 39.5 Å². The van der Waals surface area contributed by atoms with Crippen molar-refractivity contribution in [1.29, 1.82) is 0 Å². The van der Waals surface area contributed by atoms with Crippen molar-refractivity contribution in [2.45, 2.75) is 39.5 Å². The van der Waals surface area contributed by atoms with Crippen LogP contribution in [-0.2, 0) is 10.0 Å². The molecule has 1 aliphatic rings. The molecule has 1 atom stereocenters. The molecule has 118 valence electrons. The van der Waals surface area contributed by atoms with Crippen molar-refractivity contribution >= 4 is 10.0 Å². The average molecular weight is 302 g/mol. The van der Waals surface area contributed by atoms with Gasteiger partial charge in [-0.05, 0) is 50.6 Å². The third-order valence-corrected chi connectivity index (χ3v) is 4.90. The summed E-state index contributed by atoms with van der Waals surface area (Å²) >= 11 is 0. The van der Waals surface area contributed by atoms with E-state index in [0.717, 1.165) is 38.8 Å². The zero-order valence-electron chi connectivity index (χ0n) is 13.1. The highest BCUT2D eigenvalue weighted by molar-refractivity contribution is 7.88. The summed E-state index contributed by atoms with van der Waals surface area (Å²) in [7, 11) is -3.01. The average Bonchev–Trinajstić information content (AvgIpc) is 2.36. The van der Waals surface area contributed by atoms with Gasteiger partial charge in [-0.15, -0.1) is 0 Å². The third kappa shape index (κ3) is 7.41. The Kier molecular flexibility index (Phi) is 7.77. The van der Waals surface area contributed by atoms with Crippen molar-refractivity contribution in [3.63, 3.8) is 0 Å². The van der Waals surface area contributed by atoms with Crippen LogP contribution in [0.15, 0.2) is 12.2 Å². The smallest absolute Gasteiger partial charge is 0.211 e. The van der Waals surface area contributed by atoms with E-state index in [-0.39, 0.29) is 0 Å². The van der Waals surface area contributed by atoms with Crippen LogP contribution in [0, 0.1) is 11.8 Å². The van der Waals surface area contributed by atoms with E-state index < -0.39 is 10.0 Å². The van der Waals surface area contributed by atoms with E-state index in [1.807, 2.05) is 0 Å². The molecule has 20 heavy (non-hydrogen) atoms. The maximum absolute atomic E-state index is 11.5. The Hall–Kier alpha value is -0.390. The molecule has 0 bridgehead atoms. The maximum Gasteiger partial charge on any atom is 0.211 e. The topological polar surface area (TPSA) is 49.4 Å². The van der Waals surface area contributed by atoms with Crippen LogP contribution < -0.4 is 5.32 Å². The molecule has 0 aliphatic carbocycles. The van der Waals surface area contributed by atoms with E-state index in [1.54, 1.807) is 4.31 Å². The first kappa shape index (κ1) is 17.7. The van der Waals surface area contributed by atoms with Crippen LogP contribution in [0.4, 0.5) is 0 Å². The monoisotopic (exact) mass is 302 g/mol. The standard InChI is InChI=1S/C15H30N2O2S/c1-14(2)12-16-10-6-4-5-8-15-9-7-11-17(13-15)20(3,18)19/h4-5,14-16H,6-13H2,1-3H3. The molecule has 0 spiro atoms. The van der Waals surface area contributed by atoms with Gasteiger partial charge in [-0.2, -0.15) is 0 Å². The van der Waals surface area contributed by atoms with Crippen LogP contribution in [0.3, 0.4) is 0 Å². The van der Waals surface area contributed by atoms with Crippen molar-refractivity contribution < 1.29 is 8.42 Å². The molecule has 1 N–H and O–H groups in total. The van der Waals surface area contributed by atoms with Crippen molar-refractivity contribution in [3.05, 3.63) is 12.2 Å². The highest BCUT2D eigenvalue weighted by atomic mass is 32.2. The Morgan fingerprint density at radius 2 is 2.10 bits per heavy atom. The minimum atomic E-state index is -3.01. The first-order chi connectivity index (χ1) is 9.39. The van der Waals surface area contributed by atoms with E-state index >= 15 is 0 Å². The van der Waals surface area contributed by atoms with Gasteiger partial charge >= 0.3 is 0 Å². The fraction of sp³-hybridized carbons (Fsp3) is 0.867. The van der Waals surface area contributed by atoms with Crippen molar-refractivity contribution in [2.75, 3.05) is 32.4 Å². The van der Waals surface area contributed by atoms with Crippen molar-refractivity contribution in [3.8, 4) is 0 Å². The van der Waals surface area contributed by atoms with E-state index in [4.69, 9.17) is 0 Å². The minimum absolute atomic E-state index is 0.485. The fourth-order valence-electron chi connectivity index (χ4n) is 2.50. The molecule has 1 rings (SSSR count).